The lowest BCUT2D eigenvalue weighted by Gasteiger charge is -2.26. The largest absolute Gasteiger partial charge is 0.478 e. The average Bonchev–Trinajstić information content (AvgIpc) is 2.41. The van der Waals surface area contributed by atoms with Crippen molar-refractivity contribution >= 4 is 29.2 Å². The third kappa shape index (κ3) is 4.00. The number of carboxylic acid groups (broad SMARTS) is 1. The van der Waals surface area contributed by atoms with Gasteiger partial charge in [-0.15, -0.1) is 0 Å². The van der Waals surface area contributed by atoms with Crippen LogP contribution >= 0.6 is 11.8 Å². The number of carbonyl (C=O) groups is 1. The molecule has 6 nitrogen and oxygen atoms in total. The number of hydrogen-bond donors (Lipinski definition) is 3. The molecular weight excluding hydrogens is 264 g/mol. The summed E-state index contributed by atoms with van der Waals surface area (Å²) in [6.45, 7) is 3.76. The first kappa shape index (κ1) is 14.0. The Kier molecular flexibility index (Phi) is 4.86. The van der Waals surface area contributed by atoms with Crippen LogP contribution in [0.5, 0.6) is 0 Å². The van der Waals surface area contributed by atoms with Crippen molar-refractivity contribution in [3.63, 3.8) is 0 Å². The summed E-state index contributed by atoms with van der Waals surface area (Å²) in [5.41, 5.74) is 6.02. The van der Waals surface area contributed by atoms with E-state index >= 15 is 0 Å². The van der Waals surface area contributed by atoms with E-state index in [4.69, 9.17) is 10.8 Å². The number of nitrogens with zero attached hydrogens (tertiary/aromatic N) is 2. The van der Waals surface area contributed by atoms with Crippen LogP contribution in [0, 0.1) is 0 Å². The highest BCUT2D eigenvalue weighted by Crippen LogP contribution is 2.15. The Morgan fingerprint density at radius 3 is 2.95 bits per heavy atom. The number of rotatable bonds is 5. The predicted octanol–water partition coefficient (Wildman–Crippen LogP) is 0.823. The summed E-state index contributed by atoms with van der Waals surface area (Å²) in [5.74, 6) is 1.70. The highest BCUT2D eigenvalue weighted by atomic mass is 32.2. The van der Waals surface area contributed by atoms with Gasteiger partial charge in [-0.3, -0.25) is 4.90 Å². The van der Waals surface area contributed by atoms with E-state index in [-0.39, 0.29) is 5.56 Å². The Bertz CT molecular complexity index is 449. The van der Waals surface area contributed by atoms with Crippen molar-refractivity contribution in [1.82, 2.24) is 9.88 Å². The summed E-state index contributed by atoms with van der Waals surface area (Å²) in [6.07, 6.45) is 1.46. The highest BCUT2D eigenvalue weighted by Gasteiger charge is 2.13. The third-order valence-corrected chi connectivity index (χ3v) is 3.91. The molecule has 0 unspecified atom stereocenters. The van der Waals surface area contributed by atoms with Crippen molar-refractivity contribution in [3.8, 4) is 0 Å². The lowest BCUT2D eigenvalue weighted by atomic mass is 10.2. The maximum Gasteiger partial charge on any atom is 0.339 e. The van der Waals surface area contributed by atoms with Crippen LogP contribution in [-0.2, 0) is 0 Å². The van der Waals surface area contributed by atoms with Gasteiger partial charge in [0, 0.05) is 37.7 Å². The molecular formula is C12H18N4O2S. The van der Waals surface area contributed by atoms with Gasteiger partial charge in [0.25, 0.3) is 0 Å². The predicted molar refractivity (Wildman–Crippen MR) is 77.9 cm³/mol. The smallest absolute Gasteiger partial charge is 0.339 e. The summed E-state index contributed by atoms with van der Waals surface area (Å²) >= 11 is 1.97. The molecule has 0 saturated carbocycles. The number of carboxylic acids is 1. The van der Waals surface area contributed by atoms with Crippen LogP contribution in [0.4, 0.5) is 11.5 Å². The molecule has 0 radical (unpaired) electrons. The number of anilines is 2. The Hall–Kier alpha value is -1.47. The van der Waals surface area contributed by atoms with Crippen LogP contribution in [0.25, 0.3) is 0 Å². The number of thioether (sulfide) groups is 1. The van der Waals surface area contributed by atoms with Gasteiger partial charge in [0.2, 0.25) is 0 Å². The number of pyridine rings is 1. The molecule has 7 heteroatoms. The monoisotopic (exact) mass is 282 g/mol. The zero-order chi connectivity index (χ0) is 13.7. The number of aromatic nitrogens is 1. The maximum absolute atomic E-state index is 11.1. The fourth-order valence-corrected chi connectivity index (χ4v) is 2.92. The molecule has 0 bridgehead atoms. The summed E-state index contributed by atoms with van der Waals surface area (Å²) in [5, 5.41) is 12.2. The minimum absolute atomic E-state index is 0.120. The van der Waals surface area contributed by atoms with Crippen molar-refractivity contribution in [2.45, 2.75) is 0 Å². The van der Waals surface area contributed by atoms with Gasteiger partial charge in [0.05, 0.1) is 11.9 Å². The molecule has 0 aromatic carbocycles. The fraction of sp³-hybridized carbons (Fsp3) is 0.500. The molecule has 4 N–H and O–H groups in total. The number of nitrogens with two attached hydrogens (primary N) is 1. The zero-order valence-electron chi connectivity index (χ0n) is 10.6. The van der Waals surface area contributed by atoms with Crippen LogP contribution in [0.3, 0.4) is 0 Å². The van der Waals surface area contributed by atoms with Gasteiger partial charge in [-0.05, 0) is 6.07 Å². The molecule has 2 heterocycles. The van der Waals surface area contributed by atoms with Gasteiger partial charge in [0.15, 0.2) is 0 Å². The standard InChI is InChI=1S/C12H18N4O2S/c13-9-7-10(12(17)18)11(15-8-9)14-1-2-16-3-5-19-6-4-16/h7-8H,1-6,13H2,(H,14,15)(H,17,18). The second kappa shape index (κ2) is 6.63. The minimum atomic E-state index is -1.02. The fourth-order valence-electron chi connectivity index (χ4n) is 1.94. The molecule has 1 aliphatic rings. The van der Waals surface area contributed by atoms with E-state index in [1.165, 1.54) is 23.8 Å². The molecule has 19 heavy (non-hydrogen) atoms. The van der Waals surface area contributed by atoms with E-state index in [0.29, 0.717) is 18.1 Å². The average molecular weight is 282 g/mol. The zero-order valence-corrected chi connectivity index (χ0v) is 11.4. The van der Waals surface area contributed by atoms with E-state index in [9.17, 15) is 4.79 Å². The Morgan fingerprint density at radius 2 is 2.26 bits per heavy atom. The highest BCUT2D eigenvalue weighted by molar-refractivity contribution is 7.99. The first-order chi connectivity index (χ1) is 9.16. The SMILES string of the molecule is Nc1cnc(NCCN2CCSCC2)c(C(=O)O)c1. The van der Waals surface area contributed by atoms with Crippen LogP contribution < -0.4 is 11.1 Å². The number of hydrogen-bond acceptors (Lipinski definition) is 6. The van der Waals surface area contributed by atoms with Gasteiger partial charge in [-0.1, -0.05) is 0 Å². The number of nitrogen functional groups attached to an aromatic ring is 1. The van der Waals surface area contributed by atoms with Gasteiger partial charge < -0.3 is 16.2 Å². The van der Waals surface area contributed by atoms with Crippen LogP contribution in [-0.4, -0.2) is 58.6 Å². The van der Waals surface area contributed by atoms with E-state index < -0.39 is 5.97 Å². The summed E-state index contributed by atoms with van der Waals surface area (Å²) < 4.78 is 0. The Balaban J connectivity index is 1.89. The molecule has 0 amide bonds. The quantitative estimate of drug-likeness (QED) is 0.736. The van der Waals surface area contributed by atoms with Gasteiger partial charge in [0.1, 0.15) is 11.4 Å². The van der Waals surface area contributed by atoms with E-state index in [1.807, 2.05) is 11.8 Å². The summed E-state index contributed by atoms with van der Waals surface area (Å²) in [6, 6.07) is 1.43. The maximum atomic E-state index is 11.1. The summed E-state index contributed by atoms with van der Waals surface area (Å²) in [7, 11) is 0. The Morgan fingerprint density at radius 1 is 1.53 bits per heavy atom. The van der Waals surface area contributed by atoms with Gasteiger partial charge in [-0.25, -0.2) is 9.78 Å². The molecule has 1 fully saturated rings. The lowest BCUT2D eigenvalue weighted by Crippen LogP contribution is -2.36. The van der Waals surface area contributed by atoms with Crippen molar-refractivity contribution < 1.29 is 9.90 Å². The van der Waals surface area contributed by atoms with E-state index in [2.05, 4.69) is 15.2 Å². The first-order valence-electron chi connectivity index (χ1n) is 6.19. The van der Waals surface area contributed by atoms with Crippen molar-refractivity contribution in [2.75, 3.05) is 48.7 Å². The normalized spacial score (nSPS) is 16.2. The molecule has 1 aliphatic heterocycles. The minimum Gasteiger partial charge on any atom is -0.478 e. The third-order valence-electron chi connectivity index (χ3n) is 2.96. The summed E-state index contributed by atoms with van der Waals surface area (Å²) in [4.78, 5) is 17.5. The van der Waals surface area contributed by atoms with Crippen LogP contribution in [0.15, 0.2) is 12.3 Å². The van der Waals surface area contributed by atoms with E-state index in [1.54, 1.807) is 0 Å². The first-order valence-corrected chi connectivity index (χ1v) is 7.35. The second-order valence-electron chi connectivity index (χ2n) is 4.35. The molecule has 1 saturated heterocycles. The molecule has 0 aliphatic carbocycles. The molecule has 104 valence electrons. The number of aromatic carboxylic acids is 1. The molecule has 2 rings (SSSR count). The Labute approximate surface area is 116 Å². The van der Waals surface area contributed by atoms with Crippen molar-refractivity contribution in [3.05, 3.63) is 17.8 Å². The van der Waals surface area contributed by atoms with Gasteiger partial charge >= 0.3 is 5.97 Å². The number of nitrogens with one attached hydrogen (secondary N) is 1. The molecule has 1 aromatic heterocycles. The van der Waals surface area contributed by atoms with E-state index in [0.717, 1.165) is 19.6 Å². The van der Waals surface area contributed by atoms with Crippen molar-refractivity contribution in [2.24, 2.45) is 0 Å². The topological polar surface area (TPSA) is 91.5 Å². The molecule has 0 spiro atoms. The van der Waals surface area contributed by atoms with Gasteiger partial charge in [-0.2, -0.15) is 11.8 Å². The molecule has 0 atom stereocenters. The lowest BCUT2D eigenvalue weighted by molar-refractivity contribution is 0.0697. The second-order valence-corrected chi connectivity index (χ2v) is 5.58. The van der Waals surface area contributed by atoms with Crippen LogP contribution in [0.2, 0.25) is 0 Å². The molecule has 1 aromatic rings. The van der Waals surface area contributed by atoms with Crippen LogP contribution in [0.1, 0.15) is 10.4 Å². The van der Waals surface area contributed by atoms with Crippen molar-refractivity contribution in [1.29, 1.82) is 0 Å².